The van der Waals surface area contributed by atoms with Crippen molar-refractivity contribution < 1.29 is 38.4 Å². The number of ether oxygens (including phenoxy) is 4. The van der Waals surface area contributed by atoms with Crippen LogP contribution in [0.4, 0.5) is 10.5 Å². The molecule has 3 saturated heterocycles. The van der Waals surface area contributed by atoms with Gasteiger partial charge in [-0.3, -0.25) is 9.80 Å². The zero-order valence-corrected chi connectivity index (χ0v) is 30.2. The van der Waals surface area contributed by atoms with Gasteiger partial charge in [-0.1, -0.05) is 59.1 Å². The molecule has 0 saturated carbocycles. The number of piperidine rings is 3. The Kier molecular flexibility index (Phi) is 11.3. The van der Waals surface area contributed by atoms with Gasteiger partial charge in [-0.15, -0.1) is 0 Å². The van der Waals surface area contributed by atoms with Crippen LogP contribution in [0.15, 0.2) is 73.1 Å². The molecule has 3 aliphatic heterocycles. The number of esters is 1. The molecule has 2 bridgehead atoms. The van der Waals surface area contributed by atoms with E-state index < -0.39 is 18.2 Å². The molecular weight excluding hydrogens is 721 g/mol. The number of rotatable bonds is 11. The Morgan fingerprint density at radius 3 is 2.29 bits per heavy atom. The molecule has 11 nitrogen and oxygen atoms in total. The molecular formula is C37H36Cl3N3O8. The summed E-state index contributed by atoms with van der Waals surface area (Å²) in [5.74, 6) is 0.399. The number of carbonyl (C=O) groups excluding carboxylic acids is 2. The lowest BCUT2D eigenvalue weighted by molar-refractivity contribution is -0.605. The summed E-state index contributed by atoms with van der Waals surface area (Å²) in [4.78, 5) is 31.0. The van der Waals surface area contributed by atoms with Crippen molar-refractivity contribution in [3.8, 4) is 17.2 Å². The lowest BCUT2D eigenvalue weighted by Crippen LogP contribution is -2.53. The van der Waals surface area contributed by atoms with E-state index in [-0.39, 0.29) is 45.5 Å². The SMILES string of the molecule is COc1ccc([C@H](Cc2c(Cl)c[n+]([O-])cc2Cl)OC(=O)c2ccc(CN(C(=O)O[C@H]3CN4CCC3CC4)c3cccc(O)c3Cl)cc2)cc1OC. The van der Waals surface area contributed by atoms with E-state index in [1.54, 1.807) is 54.6 Å². The minimum atomic E-state index is -0.890. The molecule has 2 atom stereocenters. The summed E-state index contributed by atoms with van der Waals surface area (Å²) in [6.45, 7) is 2.73. The van der Waals surface area contributed by atoms with Crippen LogP contribution in [0.5, 0.6) is 17.2 Å². The van der Waals surface area contributed by atoms with Crippen LogP contribution in [0.2, 0.25) is 15.1 Å². The summed E-state index contributed by atoms with van der Waals surface area (Å²) < 4.78 is 23.4. The first-order chi connectivity index (χ1) is 24.5. The second-order valence-corrected chi connectivity index (χ2v) is 13.7. The van der Waals surface area contributed by atoms with E-state index in [0.29, 0.717) is 51.1 Å². The molecule has 1 amide bonds. The van der Waals surface area contributed by atoms with Gasteiger partial charge < -0.3 is 29.3 Å². The van der Waals surface area contributed by atoms with Crippen LogP contribution in [0.3, 0.4) is 0 Å². The largest absolute Gasteiger partial charge is 0.619 e. The minimum Gasteiger partial charge on any atom is -0.619 e. The van der Waals surface area contributed by atoms with Crippen molar-refractivity contribution in [1.82, 2.24) is 4.90 Å². The van der Waals surface area contributed by atoms with Crippen molar-refractivity contribution in [2.75, 3.05) is 38.8 Å². The average molecular weight is 757 g/mol. The molecule has 1 N–H and O–H groups in total. The zero-order chi connectivity index (χ0) is 36.2. The van der Waals surface area contributed by atoms with Crippen molar-refractivity contribution in [3.63, 3.8) is 0 Å². The number of halogens is 3. The molecule has 0 spiro atoms. The van der Waals surface area contributed by atoms with Crippen LogP contribution in [0, 0.1) is 11.1 Å². The van der Waals surface area contributed by atoms with Gasteiger partial charge in [-0.05, 0) is 79.4 Å². The summed E-state index contributed by atoms with van der Waals surface area (Å²) in [5.41, 5.74) is 2.20. The fraction of sp³-hybridized carbons (Fsp3) is 0.324. The van der Waals surface area contributed by atoms with Crippen molar-refractivity contribution in [2.24, 2.45) is 5.92 Å². The maximum atomic E-state index is 13.7. The van der Waals surface area contributed by atoms with Gasteiger partial charge in [0.15, 0.2) is 23.9 Å². The quantitative estimate of drug-likeness (QED) is 0.0949. The summed E-state index contributed by atoms with van der Waals surface area (Å²) in [6.07, 6.45) is 2.64. The number of benzene rings is 3. The lowest BCUT2D eigenvalue weighted by Gasteiger charge is -2.44. The highest BCUT2D eigenvalue weighted by Crippen LogP contribution is 2.38. The molecule has 0 unspecified atom stereocenters. The first-order valence-corrected chi connectivity index (χ1v) is 17.4. The molecule has 4 heterocycles. The maximum absolute atomic E-state index is 13.7. The summed E-state index contributed by atoms with van der Waals surface area (Å²) >= 11 is 19.3. The predicted molar refractivity (Wildman–Crippen MR) is 192 cm³/mol. The molecule has 1 aromatic heterocycles. The minimum absolute atomic E-state index is 0.0217. The number of nitrogens with zero attached hydrogens (tertiary/aromatic N) is 3. The van der Waals surface area contributed by atoms with Gasteiger partial charge in [0.05, 0.1) is 32.0 Å². The number of hydrogen-bond donors (Lipinski definition) is 1. The fourth-order valence-electron chi connectivity index (χ4n) is 6.52. The molecule has 3 fully saturated rings. The van der Waals surface area contributed by atoms with E-state index in [2.05, 4.69) is 4.90 Å². The third-order valence-corrected chi connectivity index (χ3v) is 10.4. The standard InChI is InChI=1S/C37H36Cl3N3O8/c1-48-31-11-10-25(16-33(31)49-2)32(17-26-27(38)19-42(47)20-28(26)39)50-36(45)24-8-6-22(7-9-24)18-43(29-4-3-5-30(44)35(29)40)37(46)51-34-21-41-14-12-23(34)13-15-41/h3-11,16,19-20,23,32,34,44H,12-15,17-18,21H2,1-2H3/t32-,34-/m0/s1. The highest BCUT2D eigenvalue weighted by molar-refractivity contribution is 6.35. The van der Waals surface area contributed by atoms with Gasteiger partial charge in [0, 0.05) is 18.5 Å². The number of phenolic OH excluding ortho intramolecular Hbond substituents is 1. The van der Waals surface area contributed by atoms with E-state index in [1.165, 1.54) is 37.6 Å². The van der Waals surface area contributed by atoms with Gasteiger partial charge in [0.2, 0.25) is 0 Å². The molecule has 268 valence electrons. The van der Waals surface area contributed by atoms with Crippen LogP contribution in [0.1, 0.15) is 46.0 Å². The number of hydrogen-bond acceptors (Lipinski definition) is 9. The zero-order valence-electron chi connectivity index (χ0n) is 27.9. The molecule has 3 aromatic carbocycles. The molecule has 14 heteroatoms. The van der Waals surface area contributed by atoms with Gasteiger partial charge in [-0.25, -0.2) is 9.59 Å². The third-order valence-electron chi connectivity index (χ3n) is 9.32. The summed E-state index contributed by atoms with van der Waals surface area (Å²) in [7, 11) is 3.01. The number of amides is 1. The summed E-state index contributed by atoms with van der Waals surface area (Å²) in [5, 5.41) is 22.5. The van der Waals surface area contributed by atoms with Gasteiger partial charge in [0.25, 0.3) is 0 Å². The molecule has 51 heavy (non-hydrogen) atoms. The smallest absolute Gasteiger partial charge is 0.414 e. The Balaban J connectivity index is 1.23. The number of carbonyl (C=O) groups is 2. The number of phenols is 1. The monoisotopic (exact) mass is 755 g/mol. The number of aromatic hydroxyl groups is 1. The number of methoxy groups -OCH3 is 2. The molecule has 3 aliphatic rings. The number of anilines is 1. The second-order valence-electron chi connectivity index (χ2n) is 12.5. The molecule has 0 aliphatic carbocycles. The van der Waals surface area contributed by atoms with Crippen molar-refractivity contribution in [2.45, 2.75) is 38.0 Å². The Morgan fingerprint density at radius 2 is 1.67 bits per heavy atom. The highest BCUT2D eigenvalue weighted by atomic mass is 35.5. The lowest BCUT2D eigenvalue weighted by atomic mass is 9.86. The van der Waals surface area contributed by atoms with Crippen LogP contribution >= 0.6 is 34.8 Å². The van der Waals surface area contributed by atoms with E-state index in [0.717, 1.165) is 25.9 Å². The summed E-state index contributed by atoms with van der Waals surface area (Å²) in [6, 6.07) is 16.4. The van der Waals surface area contributed by atoms with E-state index in [1.807, 2.05) is 0 Å². The van der Waals surface area contributed by atoms with E-state index in [9.17, 15) is 19.9 Å². The Hall–Kier alpha value is -4.42. The Morgan fingerprint density at radius 1 is 0.980 bits per heavy atom. The van der Waals surface area contributed by atoms with Crippen LogP contribution in [-0.2, 0) is 22.4 Å². The van der Waals surface area contributed by atoms with Crippen molar-refractivity contribution in [1.29, 1.82) is 0 Å². The molecule has 7 rings (SSSR count). The van der Waals surface area contributed by atoms with Crippen molar-refractivity contribution in [3.05, 3.63) is 116 Å². The molecule has 4 aromatic rings. The normalized spacial score (nSPS) is 18.5. The van der Waals surface area contributed by atoms with E-state index >= 15 is 0 Å². The first-order valence-electron chi connectivity index (χ1n) is 16.3. The van der Waals surface area contributed by atoms with E-state index in [4.69, 9.17) is 53.8 Å². The first kappa shape index (κ1) is 36.4. The van der Waals surface area contributed by atoms with Crippen LogP contribution in [-0.4, -0.2) is 62.0 Å². The fourth-order valence-corrected chi connectivity index (χ4v) is 7.35. The predicted octanol–water partition coefficient (Wildman–Crippen LogP) is 7.38. The van der Waals surface area contributed by atoms with Gasteiger partial charge in [0.1, 0.15) is 33.0 Å². The number of pyridine rings is 1. The highest BCUT2D eigenvalue weighted by Gasteiger charge is 2.38. The van der Waals surface area contributed by atoms with Gasteiger partial charge >= 0.3 is 12.1 Å². The molecule has 0 radical (unpaired) electrons. The third kappa shape index (κ3) is 8.23. The van der Waals surface area contributed by atoms with Gasteiger partial charge in [-0.2, -0.15) is 4.73 Å². The Bertz CT molecular complexity index is 1880. The topological polar surface area (TPSA) is 125 Å². The van der Waals surface area contributed by atoms with Crippen LogP contribution < -0.4 is 19.1 Å². The van der Waals surface area contributed by atoms with Crippen molar-refractivity contribution >= 4 is 52.6 Å². The Labute approximate surface area is 310 Å². The number of fused-ring (bicyclic) bond motifs is 3. The van der Waals surface area contributed by atoms with Crippen LogP contribution in [0.25, 0.3) is 0 Å². The maximum Gasteiger partial charge on any atom is 0.414 e. The number of aromatic nitrogens is 1. The second kappa shape index (κ2) is 15.9. The average Bonchev–Trinajstić information content (AvgIpc) is 3.13.